The van der Waals surface area contributed by atoms with Crippen LogP contribution in [0.4, 0.5) is 0 Å². The molecule has 104 valence electrons. The lowest BCUT2D eigenvalue weighted by molar-refractivity contribution is -0.137. The summed E-state index contributed by atoms with van der Waals surface area (Å²) in [6, 6.07) is 0. The topological polar surface area (TPSA) is 70.4 Å². The lowest BCUT2D eigenvalue weighted by atomic mass is 9.90. The fourth-order valence-electron chi connectivity index (χ4n) is 2.74. The van der Waals surface area contributed by atoms with E-state index >= 15 is 0 Å². The minimum atomic E-state index is -0.733. The van der Waals surface area contributed by atoms with Crippen LogP contribution in [0.3, 0.4) is 0 Å². The molecule has 1 saturated carbocycles. The number of hydrogen-bond donors (Lipinski definition) is 2. The number of nitrogens with one attached hydrogen (secondary N) is 1. The van der Waals surface area contributed by atoms with E-state index in [1.54, 1.807) is 0 Å². The van der Waals surface area contributed by atoms with Crippen LogP contribution >= 0.6 is 0 Å². The van der Waals surface area contributed by atoms with Gasteiger partial charge in [-0.1, -0.05) is 19.8 Å². The van der Waals surface area contributed by atoms with E-state index in [4.69, 9.17) is 15.3 Å². The first-order valence-corrected chi connectivity index (χ1v) is 6.94. The van der Waals surface area contributed by atoms with E-state index in [0.29, 0.717) is 13.0 Å². The van der Waals surface area contributed by atoms with E-state index in [2.05, 4.69) is 6.92 Å². The van der Waals surface area contributed by atoms with Crippen molar-refractivity contribution in [2.75, 3.05) is 6.61 Å². The Morgan fingerprint density at radius 3 is 2.67 bits per heavy atom. The summed E-state index contributed by atoms with van der Waals surface area (Å²) in [5, 5.41) is 15.9. The maximum absolute atomic E-state index is 10.4. The van der Waals surface area contributed by atoms with Gasteiger partial charge < -0.3 is 15.3 Å². The molecule has 1 atom stereocenters. The number of carbonyl (C=O) groups is 1. The highest BCUT2D eigenvalue weighted by Gasteiger charge is 2.35. The first-order chi connectivity index (χ1) is 8.58. The zero-order valence-corrected chi connectivity index (χ0v) is 11.3. The summed E-state index contributed by atoms with van der Waals surface area (Å²) >= 11 is 0. The Hall–Kier alpha value is -0.900. The van der Waals surface area contributed by atoms with Crippen LogP contribution in [0.1, 0.15) is 58.3 Å². The highest BCUT2D eigenvalue weighted by atomic mass is 16.5. The summed E-state index contributed by atoms with van der Waals surface area (Å²) in [4.78, 5) is 10.4. The van der Waals surface area contributed by atoms with Crippen molar-refractivity contribution in [1.82, 2.24) is 0 Å². The third-order valence-corrected chi connectivity index (χ3v) is 3.69. The largest absolute Gasteiger partial charge is 0.481 e. The molecule has 4 heteroatoms. The number of unbranched alkanes of at least 4 members (excludes halogenated alkanes) is 1. The predicted octanol–water partition coefficient (Wildman–Crippen LogP) is 3.25. The van der Waals surface area contributed by atoms with Gasteiger partial charge in [-0.15, -0.1) is 0 Å². The number of carboxylic acid groups (broad SMARTS) is 1. The van der Waals surface area contributed by atoms with Gasteiger partial charge in [-0.3, -0.25) is 4.79 Å². The minimum absolute atomic E-state index is 0.0415. The summed E-state index contributed by atoms with van der Waals surface area (Å²) in [5.41, 5.74) is -0.0415. The Morgan fingerprint density at radius 2 is 2.11 bits per heavy atom. The molecule has 1 fully saturated rings. The van der Waals surface area contributed by atoms with Crippen molar-refractivity contribution < 1.29 is 14.6 Å². The van der Waals surface area contributed by atoms with Crippen molar-refractivity contribution in [1.29, 1.82) is 5.41 Å². The monoisotopic (exact) mass is 255 g/mol. The third kappa shape index (κ3) is 5.17. The summed E-state index contributed by atoms with van der Waals surface area (Å²) in [7, 11) is 0. The van der Waals surface area contributed by atoms with Gasteiger partial charge in [-0.25, -0.2) is 0 Å². The molecule has 0 heterocycles. The van der Waals surface area contributed by atoms with Crippen LogP contribution in [0.15, 0.2) is 0 Å². The molecule has 0 amide bonds. The SMILES string of the molecule is CC(C=N)CC1(OCCCCC(=O)O)CCCC1. The number of aliphatic carboxylic acids is 1. The smallest absolute Gasteiger partial charge is 0.303 e. The van der Waals surface area contributed by atoms with E-state index < -0.39 is 5.97 Å². The number of hydrogen-bond acceptors (Lipinski definition) is 3. The van der Waals surface area contributed by atoms with Crippen molar-refractivity contribution in [2.45, 2.75) is 63.9 Å². The van der Waals surface area contributed by atoms with Crippen LogP contribution in [0.5, 0.6) is 0 Å². The molecule has 1 unspecified atom stereocenters. The van der Waals surface area contributed by atoms with E-state index in [1.165, 1.54) is 19.1 Å². The van der Waals surface area contributed by atoms with E-state index in [0.717, 1.165) is 25.7 Å². The Morgan fingerprint density at radius 1 is 1.44 bits per heavy atom. The minimum Gasteiger partial charge on any atom is -0.481 e. The van der Waals surface area contributed by atoms with Gasteiger partial charge in [0.2, 0.25) is 0 Å². The fourth-order valence-corrected chi connectivity index (χ4v) is 2.74. The number of carboxylic acids is 1. The normalized spacial score (nSPS) is 19.6. The third-order valence-electron chi connectivity index (χ3n) is 3.69. The Kier molecular flexibility index (Phi) is 6.33. The van der Waals surface area contributed by atoms with Crippen molar-refractivity contribution >= 4 is 12.2 Å². The van der Waals surface area contributed by atoms with Gasteiger partial charge in [0.25, 0.3) is 0 Å². The zero-order chi connectivity index (χ0) is 13.4. The highest BCUT2D eigenvalue weighted by molar-refractivity contribution is 5.66. The molecule has 0 saturated heterocycles. The number of rotatable bonds is 9. The van der Waals surface area contributed by atoms with Gasteiger partial charge in [-0.2, -0.15) is 0 Å². The van der Waals surface area contributed by atoms with E-state index in [9.17, 15) is 4.79 Å². The van der Waals surface area contributed by atoms with Crippen LogP contribution in [0.25, 0.3) is 0 Å². The average Bonchev–Trinajstić information content (AvgIpc) is 2.77. The molecule has 0 aromatic heterocycles. The second kappa shape index (κ2) is 7.52. The highest BCUT2D eigenvalue weighted by Crippen LogP contribution is 2.38. The Labute approximate surface area is 109 Å². The molecule has 0 bridgehead atoms. The molecule has 1 aliphatic carbocycles. The molecule has 0 aromatic rings. The van der Waals surface area contributed by atoms with Crippen molar-refractivity contribution in [2.24, 2.45) is 5.92 Å². The van der Waals surface area contributed by atoms with E-state index in [-0.39, 0.29) is 17.9 Å². The van der Waals surface area contributed by atoms with Gasteiger partial charge in [0.1, 0.15) is 0 Å². The fraction of sp³-hybridized carbons (Fsp3) is 0.857. The van der Waals surface area contributed by atoms with Gasteiger partial charge in [0, 0.05) is 13.0 Å². The summed E-state index contributed by atoms with van der Waals surface area (Å²) in [6.45, 7) is 2.71. The van der Waals surface area contributed by atoms with Gasteiger partial charge in [0.05, 0.1) is 5.60 Å². The molecule has 0 spiro atoms. The lowest BCUT2D eigenvalue weighted by Crippen LogP contribution is -2.32. The molecule has 1 rings (SSSR count). The van der Waals surface area contributed by atoms with Gasteiger partial charge in [-0.05, 0) is 44.2 Å². The Bertz CT molecular complexity index is 272. The first kappa shape index (κ1) is 15.2. The number of ether oxygens (including phenoxy) is 1. The Balaban J connectivity index is 2.29. The van der Waals surface area contributed by atoms with Crippen molar-refractivity contribution in [3.05, 3.63) is 0 Å². The standard InChI is InChI=1S/C14H25NO3/c1-12(11-15)10-14(7-3-4-8-14)18-9-5-2-6-13(16)17/h11-12,15H,2-10H2,1H3,(H,16,17). The first-order valence-electron chi connectivity index (χ1n) is 6.94. The molecule has 1 aliphatic rings. The molecule has 0 aliphatic heterocycles. The van der Waals surface area contributed by atoms with Crippen molar-refractivity contribution in [3.8, 4) is 0 Å². The van der Waals surface area contributed by atoms with Crippen LogP contribution < -0.4 is 0 Å². The summed E-state index contributed by atoms with van der Waals surface area (Å²) in [6.07, 6.45) is 8.74. The maximum Gasteiger partial charge on any atom is 0.303 e. The molecule has 18 heavy (non-hydrogen) atoms. The predicted molar refractivity (Wildman–Crippen MR) is 71.2 cm³/mol. The molecular weight excluding hydrogens is 230 g/mol. The lowest BCUT2D eigenvalue weighted by Gasteiger charge is -2.31. The quantitative estimate of drug-likeness (QED) is 0.491. The van der Waals surface area contributed by atoms with Gasteiger partial charge in [0.15, 0.2) is 0 Å². The van der Waals surface area contributed by atoms with Crippen LogP contribution in [0, 0.1) is 11.3 Å². The summed E-state index contributed by atoms with van der Waals surface area (Å²) in [5.74, 6) is -0.467. The van der Waals surface area contributed by atoms with Crippen molar-refractivity contribution in [3.63, 3.8) is 0 Å². The van der Waals surface area contributed by atoms with Crippen LogP contribution in [-0.4, -0.2) is 29.5 Å². The summed E-state index contributed by atoms with van der Waals surface area (Å²) < 4.78 is 6.05. The van der Waals surface area contributed by atoms with E-state index in [1.807, 2.05) is 0 Å². The molecule has 0 aromatic carbocycles. The molecular formula is C14H25NO3. The van der Waals surface area contributed by atoms with Crippen LogP contribution in [0.2, 0.25) is 0 Å². The molecule has 2 N–H and O–H groups in total. The molecule has 0 radical (unpaired) electrons. The zero-order valence-electron chi connectivity index (χ0n) is 11.3. The van der Waals surface area contributed by atoms with Gasteiger partial charge >= 0.3 is 5.97 Å². The molecule has 4 nitrogen and oxygen atoms in total. The maximum atomic E-state index is 10.4. The average molecular weight is 255 g/mol. The van der Waals surface area contributed by atoms with Crippen LogP contribution in [-0.2, 0) is 9.53 Å². The second-order valence-corrected chi connectivity index (χ2v) is 5.44. The second-order valence-electron chi connectivity index (χ2n) is 5.44.